The van der Waals surface area contributed by atoms with E-state index in [0.29, 0.717) is 26.3 Å². The Hall–Kier alpha value is -0.720. The first-order chi connectivity index (χ1) is 8.37. The highest BCUT2D eigenvalue weighted by Gasteiger charge is 2.34. The number of methoxy groups -OCH3 is 2. The molecular formula is C12H24N2O3S. The third-order valence-electron chi connectivity index (χ3n) is 2.78. The Bertz CT molecular complexity index is 282. The Morgan fingerprint density at radius 1 is 1.22 bits per heavy atom. The van der Waals surface area contributed by atoms with E-state index in [1.807, 2.05) is 0 Å². The van der Waals surface area contributed by atoms with Gasteiger partial charge in [-0.1, -0.05) is 12.2 Å². The number of hydrogen-bond donors (Lipinski definition) is 1. The van der Waals surface area contributed by atoms with Crippen LogP contribution in [0.3, 0.4) is 0 Å². The lowest BCUT2D eigenvalue weighted by atomic mass is 9.91. The normalized spacial score (nSPS) is 11.3. The standard InChI is InChI=1S/C12H24N2O3S/c1-12(2,10(13)18)11(15)14(7-9-17-4)6-5-8-16-3/h5-9H2,1-4H3,(H2,13,18). The molecule has 0 rings (SSSR count). The largest absolute Gasteiger partial charge is 0.392 e. The summed E-state index contributed by atoms with van der Waals surface area (Å²) < 4.78 is 10.0. The molecule has 0 atom stereocenters. The zero-order chi connectivity index (χ0) is 14.2. The maximum absolute atomic E-state index is 12.4. The highest BCUT2D eigenvalue weighted by molar-refractivity contribution is 7.80. The predicted molar refractivity (Wildman–Crippen MR) is 75.5 cm³/mol. The lowest BCUT2D eigenvalue weighted by Gasteiger charge is -2.31. The molecule has 0 fully saturated rings. The topological polar surface area (TPSA) is 64.8 Å². The van der Waals surface area contributed by atoms with E-state index < -0.39 is 5.41 Å². The van der Waals surface area contributed by atoms with Gasteiger partial charge in [0.2, 0.25) is 5.91 Å². The second kappa shape index (κ2) is 8.39. The van der Waals surface area contributed by atoms with E-state index in [1.165, 1.54) is 0 Å². The molecule has 0 saturated heterocycles. The third kappa shape index (κ3) is 5.29. The molecule has 0 aromatic rings. The molecule has 0 spiro atoms. The smallest absolute Gasteiger partial charge is 0.235 e. The van der Waals surface area contributed by atoms with Crippen LogP contribution >= 0.6 is 12.2 Å². The van der Waals surface area contributed by atoms with Crippen LogP contribution in [-0.2, 0) is 14.3 Å². The molecule has 2 N–H and O–H groups in total. The van der Waals surface area contributed by atoms with Gasteiger partial charge in [0, 0.05) is 33.9 Å². The van der Waals surface area contributed by atoms with Crippen LogP contribution in [0.5, 0.6) is 0 Å². The van der Waals surface area contributed by atoms with Crippen LogP contribution in [0.25, 0.3) is 0 Å². The first-order valence-corrected chi connectivity index (χ1v) is 6.36. The average molecular weight is 276 g/mol. The Kier molecular flexibility index (Phi) is 8.06. The molecule has 0 aliphatic carbocycles. The van der Waals surface area contributed by atoms with Gasteiger partial charge >= 0.3 is 0 Å². The van der Waals surface area contributed by atoms with Gasteiger partial charge in [-0.05, 0) is 20.3 Å². The van der Waals surface area contributed by atoms with Gasteiger partial charge in [-0.3, -0.25) is 4.79 Å². The number of carbonyl (C=O) groups excluding carboxylic acids is 1. The quantitative estimate of drug-likeness (QED) is 0.499. The van der Waals surface area contributed by atoms with Crippen LogP contribution in [-0.4, -0.2) is 56.3 Å². The minimum Gasteiger partial charge on any atom is -0.392 e. The molecule has 0 saturated carbocycles. The molecule has 1 amide bonds. The SMILES string of the molecule is COCCCN(CCOC)C(=O)C(C)(C)C(N)=S. The van der Waals surface area contributed by atoms with Crippen LogP contribution in [0.2, 0.25) is 0 Å². The van der Waals surface area contributed by atoms with Crippen molar-refractivity contribution in [1.82, 2.24) is 4.90 Å². The molecule has 18 heavy (non-hydrogen) atoms. The number of ether oxygens (including phenoxy) is 2. The van der Waals surface area contributed by atoms with E-state index >= 15 is 0 Å². The molecular weight excluding hydrogens is 252 g/mol. The Balaban J connectivity index is 4.62. The summed E-state index contributed by atoms with van der Waals surface area (Å²) in [5.74, 6) is -0.0665. The van der Waals surface area contributed by atoms with Crippen LogP contribution in [0.4, 0.5) is 0 Å². The monoisotopic (exact) mass is 276 g/mol. The van der Waals surface area contributed by atoms with E-state index in [4.69, 9.17) is 27.4 Å². The van der Waals surface area contributed by atoms with Gasteiger partial charge in [0.1, 0.15) is 0 Å². The summed E-state index contributed by atoms with van der Waals surface area (Å²) in [6, 6.07) is 0. The third-order valence-corrected chi connectivity index (χ3v) is 3.29. The second-order valence-electron chi connectivity index (χ2n) is 4.62. The van der Waals surface area contributed by atoms with Gasteiger partial charge in [-0.15, -0.1) is 0 Å². The zero-order valence-electron chi connectivity index (χ0n) is 11.7. The van der Waals surface area contributed by atoms with Crippen molar-refractivity contribution in [3.8, 4) is 0 Å². The van der Waals surface area contributed by atoms with E-state index in [9.17, 15) is 4.79 Å². The van der Waals surface area contributed by atoms with Crippen molar-refractivity contribution in [1.29, 1.82) is 0 Å². The average Bonchev–Trinajstić information content (AvgIpc) is 2.32. The summed E-state index contributed by atoms with van der Waals surface area (Å²) in [4.78, 5) is 14.3. The molecule has 0 radical (unpaired) electrons. The fourth-order valence-corrected chi connectivity index (χ4v) is 1.50. The highest BCUT2D eigenvalue weighted by Crippen LogP contribution is 2.19. The van der Waals surface area contributed by atoms with E-state index in [-0.39, 0.29) is 10.9 Å². The fourth-order valence-electron chi connectivity index (χ4n) is 1.42. The minimum atomic E-state index is -0.823. The number of nitrogens with zero attached hydrogens (tertiary/aromatic N) is 1. The number of thiocarbonyl (C=S) groups is 1. The molecule has 6 heteroatoms. The van der Waals surface area contributed by atoms with Gasteiger partial charge in [-0.2, -0.15) is 0 Å². The van der Waals surface area contributed by atoms with Crippen LogP contribution < -0.4 is 5.73 Å². The number of nitrogens with two attached hydrogens (primary N) is 1. The maximum Gasteiger partial charge on any atom is 0.235 e. The first kappa shape index (κ1) is 17.3. The van der Waals surface area contributed by atoms with Gasteiger partial charge in [0.25, 0.3) is 0 Å². The Labute approximate surface area is 115 Å². The summed E-state index contributed by atoms with van der Waals surface area (Å²) in [6.45, 7) is 5.74. The molecule has 0 bridgehead atoms. The summed E-state index contributed by atoms with van der Waals surface area (Å²) >= 11 is 4.95. The van der Waals surface area contributed by atoms with Crippen molar-refractivity contribution in [2.24, 2.45) is 11.1 Å². The summed E-state index contributed by atoms with van der Waals surface area (Å²) in [7, 11) is 3.25. The molecule has 0 heterocycles. The Morgan fingerprint density at radius 2 is 1.78 bits per heavy atom. The molecule has 0 aromatic carbocycles. The molecule has 5 nitrogen and oxygen atoms in total. The lowest BCUT2D eigenvalue weighted by Crippen LogP contribution is -2.48. The van der Waals surface area contributed by atoms with Gasteiger partial charge in [0.05, 0.1) is 17.0 Å². The molecule has 0 aliphatic heterocycles. The second-order valence-corrected chi connectivity index (χ2v) is 5.06. The molecule has 106 valence electrons. The summed E-state index contributed by atoms with van der Waals surface area (Å²) in [5.41, 5.74) is 4.80. The number of hydrogen-bond acceptors (Lipinski definition) is 4. The van der Waals surface area contributed by atoms with Crippen molar-refractivity contribution < 1.29 is 14.3 Å². The van der Waals surface area contributed by atoms with Crippen molar-refractivity contribution in [3.05, 3.63) is 0 Å². The van der Waals surface area contributed by atoms with Gasteiger partial charge in [0.15, 0.2) is 0 Å². The van der Waals surface area contributed by atoms with Crippen LogP contribution in [0.15, 0.2) is 0 Å². The van der Waals surface area contributed by atoms with Gasteiger partial charge < -0.3 is 20.1 Å². The fraction of sp³-hybridized carbons (Fsp3) is 0.833. The summed E-state index contributed by atoms with van der Waals surface area (Å²) in [6.07, 6.45) is 0.777. The van der Waals surface area contributed by atoms with Crippen LogP contribution in [0.1, 0.15) is 20.3 Å². The number of rotatable bonds is 9. The Morgan fingerprint density at radius 3 is 2.22 bits per heavy atom. The van der Waals surface area contributed by atoms with E-state index in [1.54, 1.807) is 33.0 Å². The number of carbonyl (C=O) groups is 1. The minimum absolute atomic E-state index is 0.0665. The zero-order valence-corrected chi connectivity index (χ0v) is 12.5. The van der Waals surface area contributed by atoms with E-state index in [2.05, 4.69) is 0 Å². The first-order valence-electron chi connectivity index (χ1n) is 5.95. The van der Waals surface area contributed by atoms with Crippen molar-refractivity contribution in [2.75, 3.05) is 40.5 Å². The van der Waals surface area contributed by atoms with Gasteiger partial charge in [-0.25, -0.2) is 0 Å². The highest BCUT2D eigenvalue weighted by atomic mass is 32.1. The molecule has 0 aromatic heterocycles. The predicted octanol–water partition coefficient (Wildman–Crippen LogP) is 0.810. The maximum atomic E-state index is 12.4. The van der Waals surface area contributed by atoms with Crippen molar-refractivity contribution >= 4 is 23.1 Å². The molecule has 0 aliphatic rings. The van der Waals surface area contributed by atoms with E-state index in [0.717, 1.165) is 6.42 Å². The van der Waals surface area contributed by atoms with Crippen molar-refractivity contribution in [3.63, 3.8) is 0 Å². The molecule has 0 unspecified atom stereocenters. The lowest BCUT2D eigenvalue weighted by molar-refractivity contribution is -0.137. The summed E-state index contributed by atoms with van der Waals surface area (Å²) in [5, 5.41) is 0. The number of amides is 1. The van der Waals surface area contributed by atoms with Crippen molar-refractivity contribution in [2.45, 2.75) is 20.3 Å². The van der Waals surface area contributed by atoms with Crippen LogP contribution in [0, 0.1) is 5.41 Å².